The summed E-state index contributed by atoms with van der Waals surface area (Å²) in [7, 11) is 0. The van der Waals surface area contributed by atoms with E-state index < -0.39 is 15.5 Å². The van der Waals surface area contributed by atoms with E-state index in [2.05, 4.69) is 30.0 Å². The van der Waals surface area contributed by atoms with Crippen molar-refractivity contribution < 1.29 is 9.85 Å². The quantitative estimate of drug-likeness (QED) is 0.394. The normalized spacial score (nSPS) is 10.3. The monoisotopic (exact) mass is 375 g/mol. The van der Waals surface area contributed by atoms with Crippen molar-refractivity contribution in [3.05, 3.63) is 68.3 Å². The fraction of sp³-hybridized carbons (Fsp3) is 0.188. The minimum absolute atomic E-state index is 0.0555. The first-order valence-electron chi connectivity index (χ1n) is 7.63. The fourth-order valence-electron chi connectivity index (χ4n) is 2.13. The molecule has 0 atom stereocenters. The Morgan fingerprint density at radius 3 is 2.23 bits per heavy atom. The van der Waals surface area contributed by atoms with Crippen LogP contribution in [0.15, 0.2) is 42.5 Å². The summed E-state index contributed by atoms with van der Waals surface area (Å²) >= 11 is 5.13. The lowest BCUT2D eigenvalue weighted by molar-refractivity contribution is -0.393. The predicted molar refractivity (Wildman–Crippen MR) is 103 cm³/mol. The second kappa shape index (κ2) is 8.21. The van der Waals surface area contributed by atoms with Gasteiger partial charge < -0.3 is 5.32 Å². The predicted octanol–water partition coefficient (Wildman–Crippen LogP) is 3.94. The van der Waals surface area contributed by atoms with Gasteiger partial charge in [-0.2, -0.15) is 0 Å². The van der Waals surface area contributed by atoms with Crippen molar-refractivity contribution in [3.8, 4) is 0 Å². The van der Waals surface area contributed by atoms with E-state index in [1.165, 1.54) is 11.6 Å². The topological polar surface area (TPSA) is 122 Å². The third-order valence-corrected chi connectivity index (χ3v) is 3.74. The lowest BCUT2D eigenvalue weighted by atomic mass is 10.0. The number of hydrogen-bond acceptors (Lipinski definition) is 6. The highest BCUT2D eigenvalue weighted by Crippen LogP contribution is 2.28. The van der Waals surface area contributed by atoms with Gasteiger partial charge in [-0.15, -0.1) is 0 Å². The number of nitrogens with one attached hydrogen (secondary N) is 3. The molecule has 9 nitrogen and oxygen atoms in total. The summed E-state index contributed by atoms with van der Waals surface area (Å²) < 4.78 is 0. The lowest BCUT2D eigenvalue weighted by Crippen LogP contribution is -2.33. The summed E-state index contributed by atoms with van der Waals surface area (Å²) in [5, 5.41) is 25.0. The highest BCUT2D eigenvalue weighted by atomic mass is 32.1. The Hall–Kier alpha value is -3.27. The van der Waals surface area contributed by atoms with Gasteiger partial charge in [0, 0.05) is 11.8 Å². The number of benzene rings is 2. The van der Waals surface area contributed by atoms with Crippen molar-refractivity contribution in [2.75, 3.05) is 10.7 Å². The minimum Gasteiger partial charge on any atom is -0.331 e. The lowest BCUT2D eigenvalue weighted by Gasteiger charge is -2.13. The van der Waals surface area contributed by atoms with Crippen LogP contribution in [0.4, 0.5) is 22.7 Å². The van der Waals surface area contributed by atoms with Gasteiger partial charge in [0.1, 0.15) is 5.69 Å². The SMILES string of the molecule is CC(C)c1ccc(NC(=S)NNc2ccc([N+](=O)[O-])cc2[N+](=O)[O-])cc1. The molecule has 0 spiro atoms. The number of rotatable bonds is 6. The summed E-state index contributed by atoms with van der Waals surface area (Å²) in [6, 6.07) is 11.0. The molecule has 2 aromatic rings. The van der Waals surface area contributed by atoms with Gasteiger partial charge in [0.05, 0.1) is 15.9 Å². The van der Waals surface area contributed by atoms with E-state index in [9.17, 15) is 20.2 Å². The third-order valence-electron chi connectivity index (χ3n) is 3.53. The summed E-state index contributed by atoms with van der Waals surface area (Å²) in [5.74, 6) is 0.415. The molecule has 3 N–H and O–H groups in total. The first kappa shape index (κ1) is 19.1. The van der Waals surface area contributed by atoms with Gasteiger partial charge >= 0.3 is 5.69 Å². The van der Waals surface area contributed by atoms with Crippen LogP contribution >= 0.6 is 12.2 Å². The van der Waals surface area contributed by atoms with Crippen molar-refractivity contribution in [2.45, 2.75) is 19.8 Å². The molecular weight excluding hydrogens is 358 g/mol. The Balaban J connectivity index is 2.02. The summed E-state index contributed by atoms with van der Waals surface area (Å²) in [4.78, 5) is 20.4. The average molecular weight is 375 g/mol. The molecule has 2 aromatic carbocycles. The zero-order valence-electron chi connectivity index (χ0n) is 14.1. The van der Waals surface area contributed by atoms with Crippen LogP contribution in [0.5, 0.6) is 0 Å². The van der Waals surface area contributed by atoms with Crippen molar-refractivity contribution in [1.29, 1.82) is 0 Å². The standard InChI is InChI=1S/C16H17N5O4S/c1-10(2)11-3-5-12(6-4-11)17-16(26)19-18-14-8-7-13(20(22)23)9-15(14)21(24)25/h3-10,18H,1-2H3,(H2,17,19,26). The summed E-state index contributed by atoms with van der Waals surface area (Å²) in [6.45, 7) is 4.19. The second-order valence-corrected chi connectivity index (χ2v) is 6.10. The third kappa shape index (κ3) is 4.86. The van der Waals surface area contributed by atoms with E-state index in [0.29, 0.717) is 5.92 Å². The molecule has 0 heterocycles. The summed E-state index contributed by atoms with van der Waals surface area (Å²) in [5.41, 5.74) is 6.42. The zero-order valence-corrected chi connectivity index (χ0v) is 14.9. The molecule has 136 valence electrons. The Kier molecular flexibility index (Phi) is 6.02. The van der Waals surface area contributed by atoms with Gasteiger partial charge in [-0.05, 0) is 41.9 Å². The molecule has 0 unspecified atom stereocenters. The fourth-order valence-corrected chi connectivity index (χ4v) is 2.30. The number of hydrogen-bond donors (Lipinski definition) is 3. The smallest absolute Gasteiger partial charge is 0.300 e. The number of thiocarbonyl (C=S) groups is 1. The molecule has 26 heavy (non-hydrogen) atoms. The van der Waals surface area contributed by atoms with Gasteiger partial charge in [-0.3, -0.25) is 31.1 Å². The number of hydrazine groups is 1. The van der Waals surface area contributed by atoms with Crippen LogP contribution < -0.4 is 16.2 Å². The first-order chi connectivity index (χ1) is 12.3. The highest BCUT2D eigenvalue weighted by Gasteiger charge is 2.19. The number of nitro benzene ring substituents is 2. The molecule has 10 heteroatoms. The Morgan fingerprint density at radius 1 is 1.04 bits per heavy atom. The largest absolute Gasteiger partial charge is 0.331 e. The van der Waals surface area contributed by atoms with E-state index in [1.807, 2.05) is 24.3 Å². The molecule has 0 aliphatic heterocycles. The van der Waals surface area contributed by atoms with Crippen LogP contribution in [0, 0.1) is 20.2 Å². The second-order valence-electron chi connectivity index (χ2n) is 5.70. The maximum absolute atomic E-state index is 11.1. The molecule has 0 radical (unpaired) electrons. The molecule has 0 aliphatic carbocycles. The van der Waals surface area contributed by atoms with Crippen LogP contribution in [0.1, 0.15) is 25.3 Å². The zero-order chi connectivity index (χ0) is 19.3. The Morgan fingerprint density at radius 2 is 1.69 bits per heavy atom. The molecular formula is C16H17N5O4S. The van der Waals surface area contributed by atoms with Crippen LogP contribution in [-0.4, -0.2) is 15.0 Å². The van der Waals surface area contributed by atoms with Crippen LogP contribution in [0.25, 0.3) is 0 Å². The van der Waals surface area contributed by atoms with Crippen molar-refractivity contribution in [3.63, 3.8) is 0 Å². The minimum atomic E-state index is -0.710. The van der Waals surface area contributed by atoms with E-state index in [-0.39, 0.29) is 16.5 Å². The number of non-ortho nitro benzene ring substituents is 1. The van der Waals surface area contributed by atoms with Crippen LogP contribution in [-0.2, 0) is 0 Å². The Bertz CT molecular complexity index is 839. The first-order valence-corrected chi connectivity index (χ1v) is 8.04. The number of nitro groups is 2. The van der Waals surface area contributed by atoms with E-state index >= 15 is 0 Å². The number of nitrogens with zero attached hydrogens (tertiary/aromatic N) is 2. The molecule has 0 saturated carbocycles. The van der Waals surface area contributed by atoms with Crippen molar-refractivity contribution in [2.24, 2.45) is 0 Å². The number of anilines is 2. The Labute approximate surface area is 154 Å². The molecule has 0 amide bonds. The van der Waals surface area contributed by atoms with Crippen molar-refractivity contribution >= 4 is 40.1 Å². The molecule has 0 aromatic heterocycles. The molecule has 0 aliphatic rings. The van der Waals surface area contributed by atoms with Gasteiger partial charge in [0.15, 0.2) is 5.11 Å². The molecule has 0 bridgehead atoms. The van der Waals surface area contributed by atoms with E-state index in [4.69, 9.17) is 12.2 Å². The molecule has 0 fully saturated rings. The van der Waals surface area contributed by atoms with E-state index in [1.54, 1.807) is 0 Å². The molecule has 0 saturated heterocycles. The van der Waals surface area contributed by atoms with Gasteiger partial charge in [0.2, 0.25) is 0 Å². The highest BCUT2D eigenvalue weighted by molar-refractivity contribution is 7.80. The van der Waals surface area contributed by atoms with Gasteiger partial charge in [-0.25, -0.2) is 0 Å². The van der Waals surface area contributed by atoms with Crippen LogP contribution in [0.3, 0.4) is 0 Å². The van der Waals surface area contributed by atoms with E-state index in [0.717, 1.165) is 17.8 Å². The van der Waals surface area contributed by atoms with Crippen LogP contribution in [0.2, 0.25) is 0 Å². The maximum Gasteiger partial charge on any atom is 0.300 e. The van der Waals surface area contributed by atoms with Crippen molar-refractivity contribution in [1.82, 2.24) is 5.43 Å². The average Bonchev–Trinajstić information content (AvgIpc) is 2.60. The van der Waals surface area contributed by atoms with Gasteiger partial charge in [-0.1, -0.05) is 26.0 Å². The van der Waals surface area contributed by atoms with Gasteiger partial charge in [0.25, 0.3) is 5.69 Å². The molecule has 2 rings (SSSR count). The summed E-state index contributed by atoms with van der Waals surface area (Å²) in [6.07, 6.45) is 0. The maximum atomic E-state index is 11.1.